The Morgan fingerprint density at radius 1 is 1.08 bits per heavy atom. The van der Waals surface area contributed by atoms with Crippen molar-refractivity contribution in [1.82, 2.24) is 5.32 Å². The molecule has 0 unspecified atom stereocenters. The SMILES string of the molecule is COC(=O)c1ccc(CNC(=O)COc2cc(C(C)C)ccc2C)cc1. The van der Waals surface area contributed by atoms with Crippen LogP contribution in [0.3, 0.4) is 0 Å². The Labute approximate surface area is 154 Å². The maximum Gasteiger partial charge on any atom is 0.337 e. The number of hydrogen-bond donors (Lipinski definition) is 1. The summed E-state index contributed by atoms with van der Waals surface area (Å²) in [6.45, 7) is 6.52. The van der Waals surface area contributed by atoms with E-state index in [1.807, 2.05) is 19.1 Å². The van der Waals surface area contributed by atoms with Crippen LogP contribution in [0, 0.1) is 6.92 Å². The van der Waals surface area contributed by atoms with E-state index in [-0.39, 0.29) is 18.5 Å². The van der Waals surface area contributed by atoms with Gasteiger partial charge in [-0.25, -0.2) is 4.79 Å². The average Bonchev–Trinajstić information content (AvgIpc) is 2.65. The minimum absolute atomic E-state index is 0.0391. The van der Waals surface area contributed by atoms with E-state index in [0.717, 1.165) is 16.9 Å². The van der Waals surface area contributed by atoms with Crippen molar-refractivity contribution < 1.29 is 19.1 Å². The van der Waals surface area contributed by atoms with E-state index in [1.165, 1.54) is 12.7 Å². The van der Waals surface area contributed by atoms with Crippen LogP contribution in [0.25, 0.3) is 0 Å². The van der Waals surface area contributed by atoms with E-state index in [0.29, 0.717) is 18.0 Å². The Hall–Kier alpha value is -2.82. The lowest BCUT2D eigenvalue weighted by molar-refractivity contribution is -0.123. The highest BCUT2D eigenvalue weighted by Crippen LogP contribution is 2.24. The van der Waals surface area contributed by atoms with Gasteiger partial charge in [-0.15, -0.1) is 0 Å². The molecule has 0 saturated carbocycles. The van der Waals surface area contributed by atoms with Crippen LogP contribution >= 0.6 is 0 Å². The second kappa shape index (κ2) is 9.04. The molecule has 0 aromatic heterocycles. The third kappa shape index (κ3) is 5.34. The molecule has 1 N–H and O–H groups in total. The number of aryl methyl sites for hydroxylation is 1. The van der Waals surface area contributed by atoms with Gasteiger partial charge in [-0.05, 0) is 47.7 Å². The molecule has 0 fully saturated rings. The van der Waals surface area contributed by atoms with Crippen LogP contribution in [-0.2, 0) is 16.1 Å². The summed E-state index contributed by atoms with van der Waals surface area (Å²) >= 11 is 0. The zero-order valence-corrected chi connectivity index (χ0v) is 15.7. The number of amides is 1. The summed E-state index contributed by atoms with van der Waals surface area (Å²) in [5.41, 5.74) is 3.55. The van der Waals surface area contributed by atoms with E-state index in [2.05, 4.69) is 30.0 Å². The van der Waals surface area contributed by atoms with Crippen LogP contribution < -0.4 is 10.1 Å². The molecular weight excluding hydrogens is 330 g/mol. The molecule has 2 aromatic carbocycles. The molecule has 5 nitrogen and oxygen atoms in total. The van der Waals surface area contributed by atoms with Crippen molar-refractivity contribution in [2.24, 2.45) is 0 Å². The third-order valence-electron chi connectivity index (χ3n) is 4.10. The summed E-state index contributed by atoms with van der Waals surface area (Å²) in [7, 11) is 1.34. The molecule has 0 aliphatic heterocycles. The summed E-state index contributed by atoms with van der Waals surface area (Å²) in [4.78, 5) is 23.4. The van der Waals surface area contributed by atoms with Gasteiger partial charge in [-0.3, -0.25) is 4.79 Å². The molecule has 0 heterocycles. The van der Waals surface area contributed by atoms with E-state index in [4.69, 9.17) is 4.74 Å². The number of esters is 1. The molecular formula is C21H25NO4. The van der Waals surface area contributed by atoms with Crippen molar-refractivity contribution in [2.75, 3.05) is 13.7 Å². The molecule has 1 amide bonds. The molecule has 26 heavy (non-hydrogen) atoms. The predicted molar refractivity (Wildman–Crippen MR) is 100 cm³/mol. The van der Waals surface area contributed by atoms with Crippen LogP contribution in [0.1, 0.15) is 46.8 Å². The van der Waals surface area contributed by atoms with Crippen molar-refractivity contribution in [3.63, 3.8) is 0 Å². The molecule has 0 spiro atoms. The van der Waals surface area contributed by atoms with Gasteiger partial charge >= 0.3 is 5.97 Å². The maximum absolute atomic E-state index is 12.0. The standard InChI is InChI=1S/C21H25NO4/c1-14(2)18-8-5-15(3)19(11-18)26-13-20(23)22-12-16-6-9-17(10-7-16)21(24)25-4/h5-11,14H,12-13H2,1-4H3,(H,22,23). The number of nitrogens with one attached hydrogen (secondary N) is 1. The Balaban J connectivity index is 1.86. The van der Waals surface area contributed by atoms with E-state index < -0.39 is 0 Å². The van der Waals surface area contributed by atoms with Crippen molar-refractivity contribution in [1.29, 1.82) is 0 Å². The van der Waals surface area contributed by atoms with Gasteiger partial charge in [-0.1, -0.05) is 38.1 Å². The first kappa shape index (κ1) is 19.5. The lowest BCUT2D eigenvalue weighted by atomic mass is 10.0. The number of methoxy groups -OCH3 is 1. The average molecular weight is 355 g/mol. The Morgan fingerprint density at radius 2 is 1.77 bits per heavy atom. The summed E-state index contributed by atoms with van der Waals surface area (Å²) in [6.07, 6.45) is 0. The minimum Gasteiger partial charge on any atom is -0.483 e. The van der Waals surface area contributed by atoms with Gasteiger partial charge in [0.15, 0.2) is 6.61 Å². The largest absolute Gasteiger partial charge is 0.483 e. The highest BCUT2D eigenvalue weighted by molar-refractivity contribution is 5.89. The minimum atomic E-state index is -0.381. The Bertz CT molecular complexity index is 766. The molecule has 2 aromatic rings. The number of rotatable bonds is 7. The molecule has 0 aliphatic rings. The number of carbonyl (C=O) groups is 2. The maximum atomic E-state index is 12.0. The zero-order valence-electron chi connectivity index (χ0n) is 15.7. The van der Waals surface area contributed by atoms with Gasteiger partial charge in [-0.2, -0.15) is 0 Å². The fraction of sp³-hybridized carbons (Fsp3) is 0.333. The van der Waals surface area contributed by atoms with Gasteiger partial charge in [0.05, 0.1) is 12.7 Å². The lowest BCUT2D eigenvalue weighted by Crippen LogP contribution is -2.28. The van der Waals surface area contributed by atoms with Crippen LogP contribution in [-0.4, -0.2) is 25.6 Å². The lowest BCUT2D eigenvalue weighted by Gasteiger charge is -2.13. The second-order valence-electron chi connectivity index (χ2n) is 6.43. The molecule has 0 bridgehead atoms. The highest BCUT2D eigenvalue weighted by Gasteiger charge is 2.08. The van der Waals surface area contributed by atoms with Crippen molar-refractivity contribution >= 4 is 11.9 Å². The number of benzene rings is 2. The Kier molecular flexibility index (Phi) is 6.78. The topological polar surface area (TPSA) is 64.6 Å². The van der Waals surface area contributed by atoms with Crippen molar-refractivity contribution in [3.05, 3.63) is 64.7 Å². The van der Waals surface area contributed by atoms with Gasteiger partial charge in [0.1, 0.15) is 5.75 Å². The predicted octanol–water partition coefficient (Wildman–Crippen LogP) is 3.60. The summed E-state index contributed by atoms with van der Waals surface area (Å²) in [5.74, 6) is 0.554. The van der Waals surface area contributed by atoms with Gasteiger partial charge < -0.3 is 14.8 Å². The molecule has 0 atom stereocenters. The normalized spacial score (nSPS) is 10.5. The second-order valence-corrected chi connectivity index (χ2v) is 6.43. The molecule has 138 valence electrons. The van der Waals surface area contributed by atoms with Crippen LogP contribution in [0.5, 0.6) is 5.75 Å². The van der Waals surface area contributed by atoms with Crippen molar-refractivity contribution in [3.8, 4) is 5.75 Å². The monoisotopic (exact) mass is 355 g/mol. The number of hydrogen-bond acceptors (Lipinski definition) is 4. The van der Waals surface area contributed by atoms with Crippen LogP contribution in [0.4, 0.5) is 0 Å². The van der Waals surface area contributed by atoms with E-state index in [9.17, 15) is 9.59 Å². The molecule has 0 aliphatic carbocycles. The third-order valence-corrected chi connectivity index (χ3v) is 4.10. The first-order valence-corrected chi connectivity index (χ1v) is 8.58. The van der Waals surface area contributed by atoms with Gasteiger partial charge in [0.25, 0.3) is 5.91 Å². The van der Waals surface area contributed by atoms with Gasteiger partial charge in [0.2, 0.25) is 0 Å². The quantitative estimate of drug-likeness (QED) is 0.771. The Morgan fingerprint density at radius 3 is 2.38 bits per heavy atom. The fourth-order valence-electron chi connectivity index (χ4n) is 2.40. The fourth-order valence-corrected chi connectivity index (χ4v) is 2.40. The summed E-state index contributed by atoms with van der Waals surface area (Å²) < 4.78 is 10.3. The highest BCUT2D eigenvalue weighted by atomic mass is 16.5. The summed E-state index contributed by atoms with van der Waals surface area (Å²) in [5, 5.41) is 2.81. The van der Waals surface area contributed by atoms with Crippen LogP contribution in [0.2, 0.25) is 0 Å². The first-order valence-electron chi connectivity index (χ1n) is 8.58. The van der Waals surface area contributed by atoms with Crippen LogP contribution in [0.15, 0.2) is 42.5 Å². The smallest absolute Gasteiger partial charge is 0.337 e. The molecule has 0 saturated heterocycles. The van der Waals surface area contributed by atoms with Gasteiger partial charge in [0, 0.05) is 6.54 Å². The van der Waals surface area contributed by atoms with Crippen molar-refractivity contribution in [2.45, 2.75) is 33.2 Å². The zero-order chi connectivity index (χ0) is 19.1. The summed E-state index contributed by atoms with van der Waals surface area (Å²) in [6, 6.07) is 13.0. The number of ether oxygens (including phenoxy) is 2. The number of carbonyl (C=O) groups excluding carboxylic acids is 2. The van der Waals surface area contributed by atoms with E-state index >= 15 is 0 Å². The molecule has 2 rings (SSSR count). The molecule has 0 radical (unpaired) electrons. The molecule has 5 heteroatoms. The first-order chi connectivity index (χ1) is 12.4. The van der Waals surface area contributed by atoms with E-state index in [1.54, 1.807) is 24.3 Å².